The number of hydrogen-bond acceptors (Lipinski definition) is 9. The fraction of sp³-hybridized carbons (Fsp3) is 0.348. The summed E-state index contributed by atoms with van der Waals surface area (Å²) < 4.78 is 17.7. The summed E-state index contributed by atoms with van der Waals surface area (Å²) in [4.78, 5) is 27.4. The Bertz CT molecular complexity index is 1280. The molecule has 1 aromatic heterocycles. The van der Waals surface area contributed by atoms with E-state index in [-0.39, 0.29) is 17.3 Å². The van der Waals surface area contributed by atoms with Crippen LogP contribution < -0.4 is 19.1 Å². The normalized spacial score (nSPS) is 13.5. The van der Waals surface area contributed by atoms with Crippen LogP contribution >= 0.6 is 11.6 Å². The van der Waals surface area contributed by atoms with Crippen molar-refractivity contribution in [3.05, 3.63) is 56.9 Å². The van der Waals surface area contributed by atoms with E-state index < -0.39 is 4.92 Å². The zero-order valence-corrected chi connectivity index (χ0v) is 21.0. The van der Waals surface area contributed by atoms with Gasteiger partial charge in [-0.1, -0.05) is 16.8 Å². The summed E-state index contributed by atoms with van der Waals surface area (Å²) in [5, 5.41) is 19.6. The monoisotopic (exact) mass is 516 g/mol. The lowest BCUT2D eigenvalue weighted by molar-refractivity contribution is -0.384. The minimum atomic E-state index is -0.486. The number of rotatable bonds is 7. The molecule has 1 fully saturated rings. The van der Waals surface area contributed by atoms with Crippen molar-refractivity contribution in [3.8, 4) is 22.9 Å². The first-order chi connectivity index (χ1) is 17.3. The van der Waals surface area contributed by atoms with Gasteiger partial charge in [-0.05, 0) is 13.0 Å². The molecule has 13 heteroatoms. The van der Waals surface area contributed by atoms with Gasteiger partial charge in [0, 0.05) is 50.4 Å². The fourth-order valence-electron chi connectivity index (χ4n) is 4.13. The van der Waals surface area contributed by atoms with Crippen molar-refractivity contribution in [2.45, 2.75) is 6.92 Å². The largest absolute Gasteiger partial charge is 0.493 e. The smallest absolute Gasteiger partial charge is 0.276 e. The summed E-state index contributed by atoms with van der Waals surface area (Å²) in [7, 11) is 4.56. The number of aromatic nitrogens is 3. The third-order valence-electron chi connectivity index (χ3n) is 6.04. The molecule has 0 radical (unpaired) electrons. The Hall–Kier alpha value is -4.06. The second-order valence-electron chi connectivity index (χ2n) is 7.99. The van der Waals surface area contributed by atoms with Crippen LogP contribution in [0.4, 0.5) is 11.4 Å². The van der Waals surface area contributed by atoms with Crippen molar-refractivity contribution in [3.63, 3.8) is 0 Å². The van der Waals surface area contributed by atoms with Gasteiger partial charge in [-0.25, -0.2) is 4.68 Å². The van der Waals surface area contributed by atoms with Crippen molar-refractivity contribution < 1.29 is 23.9 Å². The van der Waals surface area contributed by atoms with Crippen molar-refractivity contribution in [2.24, 2.45) is 0 Å². The van der Waals surface area contributed by atoms with Crippen LogP contribution in [0.2, 0.25) is 5.02 Å². The van der Waals surface area contributed by atoms with E-state index in [1.165, 1.54) is 33.5 Å². The molecule has 1 amide bonds. The summed E-state index contributed by atoms with van der Waals surface area (Å²) in [5.41, 5.74) is 2.04. The quantitative estimate of drug-likeness (QED) is 0.344. The molecule has 0 bridgehead atoms. The summed E-state index contributed by atoms with van der Waals surface area (Å²) in [6.07, 6.45) is 0. The van der Waals surface area contributed by atoms with E-state index in [0.717, 1.165) is 0 Å². The molecule has 12 nitrogen and oxygen atoms in total. The van der Waals surface area contributed by atoms with Crippen LogP contribution in [0.3, 0.4) is 0 Å². The molecule has 0 spiro atoms. The highest BCUT2D eigenvalue weighted by atomic mass is 35.5. The Kier molecular flexibility index (Phi) is 7.15. The molecule has 36 heavy (non-hydrogen) atoms. The summed E-state index contributed by atoms with van der Waals surface area (Å²) in [5.74, 6) is 1.12. The Labute approximate surface area is 212 Å². The van der Waals surface area contributed by atoms with Crippen LogP contribution in [0.5, 0.6) is 17.2 Å². The number of nitro benzene ring substituents is 1. The molecule has 2 aromatic carbocycles. The average Bonchev–Trinajstić information content (AvgIpc) is 3.28. The molecule has 1 aliphatic rings. The minimum Gasteiger partial charge on any atom is -0.493 e. The molecule has 1 aliphatic heterocycles. The number of amides is 1. The molecule has 3 aromatic rings. The number of hydrogen-bond donors (Lipinski definition) is 0. The molecule has 190 valence electrons. The summed E-state index contributed by atoms with van der Waals surface area (Å²) in [6.45, 7) is 3.67. The maximum atomic E-state index is 13.3. The van der Waals surface area contributed by atoms with Crippen LogP contribution in [0.15, 0.2) is 30.3 Å². The molecule has 0 saturated carbocycles. The SMILES string of the molecule is COc1cc(-n2nnc(C(=O)N3CCN(c4ccc([N+](=O)[O-])cc4Cl)CC3)c2C)cc(OC)c1OC. The summed E-state index contributed by atoms with van der Waals surface area (Å²) >= 11 is 6.27. The van der Waals surface area contributed by atoms with Crippen molar-refractivity contribution in [1.29, 1.82) is 0 Å². The Balaban J connectivity index is 1.51. The molecular formula is C23H25ClN6O6. The molecule has 0 atom stereocenters. The molecule has 0 aliphatic carbocycles. The molecule has 0 N–H and O–H groups in total. The molecule has 1 saturated heterocycles. The van der Waals surface area contributed by atoms with Gasteiger partial charge in [0.05, 0.1) is 48.3 Å². The lowest BCUT2D eigenvalue weighted by atomic mass is 10.2. The summed E-state index contributed by atoms with van der Waals surface area (Å²) in [6, 6.07) is 7.84. The predicted molar refractivity (Wildman–Crippen MR) is 132 cm³/mol. The second-order valence-corrected chi connectivity index (χ2v) is 8.40. The highest BCUT2D eigenvalue weighted by molar-refractivity contribution is 6.33. The Morgan fingerprint density at radius 3 is 2.19 bits per heavy atom. The van der Waals surface area contributed by atoms with E-state index in [4.69, 9.17) is 25.8 Å². The lowest BCUT2D eigenvalue weighted by Gasteiger charge is -2.36. The first kappa shape index (κ1) is 25.0. The first-order valence-corrected chi connectivity index (χ1v) is 11.4. The van der Waals surface area contributed by atoms with E-state index in [1.54, 1.807) is 34.7 Å². The highest BCUT2D eigenvalue weighted by Crippen LogP contribution is 2.39. The van der Waals surface area contributed by atoms with Crippen LogP contribution in [-0.4, -0.2) is 78.2 Å². The van der Waals surface area contributed by atoms with E-state index in [2.05, 4.69) is 10.3 Å². The zero-order valence-electron chi connectivity index (χ0n) is 20.2. The van der Waals surface area contributed by atoms with Crippen LogP contribution in [-0.2, 0) is 0 Å². The Morgan fingerprint density at radius 1 is 1.03 bits per heavy atom. The number of nitrogens with zero attached hydrogens (tertiary/aromatic N) is 6. The number of halogens is 1. The van der Waals surface area contributed by atoms with Crippen LogP contribution in [0.25, 0.3) is 5.69 Å². The minimum absolute atomic E-state index is 0.0665. The predicted octanol–water partition coefficient (Wildman–Crippen LogP) is 3.13. The topological polar surface area (TPSA) is 125 Å². The fourth-order valence-corrected chi connectivity index (χ4v) is 4.42. The number of anilines is 1. The van der Waals surface area contributed by atoms with E-state index in [1.807, 2.05) is 4.90 Å². The average molecular weight is 517 g/mol. The van der Waals surface area contributed by atoms with Gasteiger partial charge in [0.2, 0.25) is 5.75 Å². The second kappa shape index (κ2) is 10.3. The van der Waals surface area contributed by atoms with E-state index in [9.17, 15) is 14.9 Å². The van der Waals surface area contributed by atoms with Gasteiger partial charge in [0.25, 0.3) is 11.6 Å². The molecule has 4 rings (SSSR count). The number of carbonyl (C=O) groups excluding carboxylic acids is 1. The zero-order chi connectivity index (χ0) is 26.0. The van der Waals surface area contributed by atoms with E-state index >= 15 is 0 Å². The molecular weight excluding hydrogens is 492 g/mol. The van der Waals surface area contributed by atoms with Gasteiger partial charge in [-0.15, -0.1) is 5.10 Å². The maximum absolute atomic E-state index is 13.3. The van der Waals surface area contributed by atoms with Gasteiger partial charge >= 0.3 is 0 Å². The van der Waals surface area contributed by atoms with Crippen molar-refractivity contribution >= 4 is 28.9 Å². The Morgan fingerprint density at radius 2 is 1.67 bits per heavy atom. The van der Waals surface area contributed by atoms with Gasteiger partial charge in [0.1, 0.15) is 0 Å². The van der Waals surface area contributed by atoms with Crippen molar-refractivity contribution in [2.75, 3.05) is 52.4 Å². The number of methoxy groups -OCH3 is 3. The molecule has 2 heterocycles. The third kappa shape index (κ3) is 4.59. The molecule has 0 unspecified atom stereocenters. The number of benzene rings is 2. The standard InChI is InChI=1S/C23H25ClN6O6/c1-14-21(25-26-29(14)16-12-19(34-2)22(36-4)20(13-16)35-3)23(31)28-9-7-27(8-10-28)18-6-5-15(30(32)33)11-17(18)24/h5-6,11-13H,7-10H2,1-4H3. The third-order valence-corrected chi connectivity index (χ3v) is 6.34. The number of carbonyl (C=O) groups is 1. The number of non-ortho nitro benzene ring substituents is 1. The first-order valence-electron chi connectivity index (χ1n) is 11.0. The van der Waals surface area contributed by atoms with Crippen LogP contribution in [0.1, 0.15) is 16.2 Å². The van der Waals surface area contributed by atoms with Gasteiger partial charge in [0.15, 0.2) is 17.2 Å². The number of ether oxygens (including phenoxy) is 3. The number of nitro groups is 1. The van der Waals surface area contributed by atoms with Gasteiger partial charge < -0.3 is 24.0 Å². The van der Waals surface area contributed by atoms with Crippen molar-refractivity contribution in [1.82, 2.24) is 19.9 Å². The van der Waals surface area contributed by atoms with E-state index in [0.29, 0.717) is 65.5 Å². The maximum Gasteiger partial charge on any atom is 0.276 e. The number of piperazine rings is 1. The van der Waals surface area contributed by atoms with Gasteiger partial charge in [-0.3, -0.25) is 14.9 Å². The highest BCUT2D eigenvalue weighted by Gasteiger charge is 2.28. The lowest BCUT2D eigenvalue weighted by Crippen LogP contribution is -2.49. The van der Waals surface area contributed by atoms with Crippen LogP contribution in [0, 0.1) is 17.0 Å². The van der Waals surface area contributed by atoms with Gasteiger partial charge in [-0.2, -0.15) is 0 Å².